The highest BCUT2D eigenvalue weighted by atomic mass is 32.1. The van der Waals surface area contributed by atoms with Crippen LogP contribution >= 0.6 is 11.5 Å². The third kappa shape index (κ3) is 1.73. The van der Waals surface area contributed by atoms with Crippen molar-refractivity contribution in [3.63, 3.8) is 0 Å². The zero-order chi connectivity index (χ0) is 11.8. The van der Waals surface area contributed by atoms with Crippen molar-refractivity contribution >= 4 is 27.5 Å². The first-order valence-corrected chi connectivity index (χ1v) is 6.35. The SMILES string of the molecule is Cc1nsc2c(C3CNCCC3=O)ncnc12. The standard InChI is InChI=1S/C11H12N4OS/c1-6-9-11(17-15-6)10(14-5-13-9)7-4-12-3-2-8(7)16/h5,7,12H,2-4H2,1H3. The van der Waals surface area contributed by atoms with Crippen molar-refractivity contribution in [2.24, 2.45) is 0 Å². The molecular formula is C11H12N4OS. The van der Waals surface area contributed by atoms with Gasteiger partial charge in [0.25, 0.3) is 0 Å². The average molecular weight is 248 g/mol. The highest BCUT2D eigenvalue weighted by Crippen LogP contribution is 2.29. The van der Waals surface area contributed by atoms with E-state index in [9.17, 15) is 4.79 Å². The van der Waals surface area contributed by atoms with E-state index in [4.69, 9.17) is 0 Å². The molecule has 17 heavy (non-hydrogen) atoms. The second kappa shape index (κ2) is 4.12. The maximum Gasteiger partial charge on any atom is 0.144 e. The molecule has 1 fully saturated rings. The first-order chi connectivity index (χ1) is 8.27. The summed E-state index contributed by atoms with van der Waals surface area (Å²) >= 11 is 1.38. The Kier molecular flexibility index (Phi) is 2.60. The molecule has 88 valence electrons. The third-order valence-electron chi connectivity index (χ3n) is 3.06. The Morgan fingerprint density at radius 1 is 1.47 bits per heavy atom. The van der Waals surface area contributed by atoms with Crippen molar-refractivity contribution in [3.8, 4) is 0 Å². The molecule has 0 radical (unpaired) electrons. The van der Waals surface area contributed by atoms with Gasteiger partial charge in [0.05, 0.1) is 22.0 Å². The summed E-state index contributed by atoms with van der Waals surface area (Å²) in [6.07, 6.45) is 2.11. The normalized spacial score (nSPS) is 21.0. The number of nitrogens with zero attached hydrogens (tertiary/aromatic N) is 3. The van der Waals surface area contributed by atoms with Crippen LogP contribution in [0.25, 0.3) is 10.2 Å². The van der Waals surface area contributed by atoms with E-state index in [0.717, 1.165) is 28.1 Å². The molecule has 2 aromatic heterocycles. The third-order valence-corrected chi connectivity index (χ3v) is 4.01. The van der Waals surface area contributed by atoms with Crippen molar-refractivity contribution in [3.05, 3.63) is 17.7 Å². The fourth-order valence-corrected chi connectivity index (χ4v) is 3.03. The van der Waals surface area contributed by atoms with Gasteiger partial charge in [-0.2, -0.15) is 4.37 Å². The number of fused-ring (bicyclic) bond motifs is 1. The molecule has 6 heteroatoms. The minimum absolute atomic E-state index is 0.144. The van der Waals surface area contributed by atoms with Crippen LogP contribution in [0.3, 0.4) is 0 Å². The van der Waals surface area contributed by atoms with E-state index < -0.39 is 0 Å². The number of piperidine rings is 1. The molecule has 3 rings (SSSR count). The summed E-state index contributed by atoms with van der Waals surface area (Å²) in [5, 5.41) is 3.24. The lowest BCUT2D eigenvalue weighted by atomic mass is 9.94. The Morgan fingerprint density at radius 2 is 2.35 bits per heavy atom. The number of carbonyl (C=O) groups excluding carboxylic acids is 1. The van der Waals surface area contributed by atoms with Crippen molar-refractivity contribution < 1.29 is 4.79 Å². The van der Waals surface area contributed by atoms with Gasteiger partial charge in [0, 0.05) is 19.5 Å². The van der Waals surface area contributed by atoms with E-state index in [0.29, 0.717) is 13.0 Å². The average Bonchev–Trinajstić information content (AvgIpc) is 2.72. The molecule has 3 heterocycles. The molecule has 2 aromatic rings. The predicted octanol–water partition coefficient (Wildman–Crippen LogP) is 1.04. The minimum atomic E-state index is -0.144. The Hall–Kier alpha value is -1.40. The smallest absolute Gasteiger partial charge is 0.144 e. The van der Waals surface area contributed by atoms with Crippen LogP contribution in [0.15, 0.2) is 6.33 Å². The summed E-state index contributed by atoms with van der Waals surface area (Å²) in [4.78, 5) is 20.4. The molecule has 0 aliphatic carbocycles. The zero-order valence-corrected chi connectivity index (χ0v) is 10.3. The Labute approximate surface area is 102 Å². The van der Waals surface area contributed by atoms with Crippen LogP contribution in [0, 0.1) is 6.92 Å². The van der Waals surface area contributed by atoms with Crippen LogP contribution in [0.4, 0.5) is 0 Å². The van der Waals surface area contributed by atoms with Gasteiger partial charge in [-0.3, -0.25) is 4.79 Å². The van der Waals surface area contributed by atoms with Crippen molar-refractivity contribution in [2.75, 3.05) is 13.1 Å². The molecule has 1 unspecified atom stereocenters. The topological polar surface area (TPSA) is 67.8 Å². The molecule has 1 N–H and O–H groups in total. The van der Waals surface area contributed by atoms with Crippen LogP contribution in [-0.4, -0.2) is 33.2 Å². The number of ketones is 1. The second-order valence-electron chi connectivity index (χ2n) is 4.18. The number of aryl methyl sites for hydroxylation is 1. The van der Waals surface area contributed by atoms with Crippen molar-refractivity contribution in [1.82, 2.24) is 19.7 Å². The van der Waals surface area contributed by atoms with Crippen molar-refractivity contribution in [1.29, 1.82) is 0 Å². The Morgan fingerprint density at radius 3 is 3.18 bits per heavy atom. The van der Waals surface area contributed by atoms with E-state index in [1.54, 1.807) is 0 Å². The molecule has 1 aliphatic heterocycles. The summed E-state index contributed by atoms with van der Waals surface area (Å²) in [6, 6.07) is 0. The summed E-state index contributed by atoms with van der Waals surface area (Å²) in [7, 11) is 0. The molecular weight excluding hydrogens is 236 g/mol. The predicted molar refractivity (Wildman–Crippen MR) is 65.2 cm³/mol. The van der Waals surface area contributed by atoms with Crippen LogP contribution < -0.4 is 5.32 Å². The first-order valence-electron chi connectivity index (χ1n) is 5.57. The molecule has 5 nitrogen and oxygen atoms in total. The van der Waals surface area contributed by atoms with Gasteiger partial charge in [0.15, 0.2) is 0 Å². The summed E-state index contributed by atoms with van der Waals surface area (Å²) in [5.41, 5.74) is 2.61. The van der Waals surface area contributed by atoms with Gasteiger partial charge in [-0.05, 0) is 18.5 Å². The van der Waals surface area contributed by atoms with Crippen LogP contribution in [0.2, 0.25) is 0 Å². The van der Waals surface area contributed by atoms with Gasteiger partial charge in [-0.15, -0.1) is 0 Å². The Bertz CT molecular complexity index is 580. The first kappa shape index (κ1) is 10.7. The quantitative estimate of drug-likeness (QED) is 0.816. The monoisotopic (exact) mass is 248 g/mol. The molecule has 1 atom stereocenters. The largest absolute Gasteiger partial charge is 0.315 e. The molecule has 1 saturated heterocycles. The lowest BCUT2D eigenvalue weighted by molar-refractivity contribution is -0.121. The molecule has 0 bridgehead atoms. The van der Waals surface area contributed by atoms with E-state index in [1.165, 1.54) is 17.9 Å². The van der Waals surface area contributed by atoms with Crippen LogP contribution in [0.5, 0.6) is 0 Å². The van der Waals surface area contributed by atoms with E-state index in [-0.39, 0.29) is 11.7 Å². The number of Topliss-reactive ketones (excluding diaryl/α,β-unsaturated/α-hetero) is 1. The maximum atomic E-state index is 11.9. The zero-order valence-electron chi connectivity index (χ0n) is 9.43. The van der Waals surface area contributed by atoms with Gasteiger partial charge < -0.3 is 5.32 Å². The van der Waals surface area contributed by atoms with Gasteiger partial charge in [-0.25, -0.2) is 9.97 Å². The fraction of sp³-hybridized carbons (Fsp3) is 0.455. The molecule has 0 amide bonds. The highest BCUT2D eigenvalue weighted by molar-refractivity contribution is 7.13. The summed E-state index contributed by atoms with van der Waals surface area (Å²) < 4.78 is 5.23. The number of nitrogens with one attached hydrogen (secondary N) is 1. The number of hydrogen-bond donors (Lipinski definition) is 1. The lowest BCUT2D eigenvalue weighted by Crippen LogP contribution is -2.35. The number of aromatic nitrogens is 3. The summed E-state index contributed by atoms with van der Waals surface area (Å²) in [5.74, 6) is 0.115. The van der Waals surface area contributed by atoms with E-state index in [1.807, 2.05) is 6.92 Å². The van der Waals surface area contributed by atoms with Gasteiger partial charge in [0.2, 0.25) is 0 Å². The van der Waals surface area contributed by atoms with Gasteiger partial charge in [-0.1, -0.05) is 0 Å². The van der Waals surface area contributed by atoms with Crippen LogP contribution in [-0.2, 0) is 4.79 Å². The maximum absolute atomic E-state index is 11.9. The minimum Gasteiger partial charge on any atom is -0.315 e. The van der Waals surface area contributed by atoms with E-state index in [2.05, 4.69) is 19.7 Å². The number of hydrogen-bond acceptors (Lipinski definition) is 6. The lowest BCUT2D eigenvalue weighted by Gasteiger charge is -2.21. The number of rotatable bonds is 1. The molecule has 0 aromatic carbocycles. The highest BCUT2D eigenvalue weighted by Gasteiger charge is 2.27. The summed E-state index contributed by atoms with van der Waals surface area (Å²) in [6.45, 7) is 3.36. The van der Waals surface area contributed by atoms with Gasteiger partial charge >= 0.3 is 0 Å². The fourth-order valence-electron chi connectivity index (χ4n) is 2.14. The Balaban J connectivity index is 2.13. The molecule has 0 spiro atoms. The second-order valence-corrected chi connectivity index (χ2v) is 4.95. The molecule has 0 saturated carbocycles. The van der Waals surface area contributed by atoms with Crippen molar-refractivity contribution in [2.45, 2.75) is 19.3 Å². The van der Waals surface area contributed by atoms with Gasteiger partial charge in [0.1, 0.15) is 17.6 Å². The van der Waals surface area contributed by atoms with Crippen LogP contribution in [0.1, 0.15) is 23.7 Å². The van der Waals surface area contributed by atoms with E-state index >= 15 is 0 Å². The molecule has 1 aliphatic rings. The number of carbonyl (C=O) groups is 1.